The molecule has 2 amide bonds. The zero-order valence-corrected chi connectivity index (χ0v) is 15.0. The summed E-state index contributed by atoms with van der Waals surface area (Å²) in [5.41, 5.74) is 1.42. The fourth-order valence-corrected chi connectivity index (χ4v) is 3.02. The average molecular weight is 363 g/mol. The molecule has 0 fully saturated rings. The Hall–Kier alpha value is -3.46. The number of anilines is 2. The Morgan fingerprint density at radius 3 is 2.48 bits per heavy atom. The second-order valence-electron chi connectivity index (χ2n) is 6.65. The first-order chi connectivity index (χ1) is 12.9. The molecule has 0 bridgehead atoms. The van der Waals surface area contributed by atoms with E-state index in [1.54, 1.807) is 23.1 Å². The van der Waals surface area contributed by atoms with Crippen LogP contribution in [0.2, 0.25) is 0 Å². The summed E-state index contributed by atoms with van der Waals surface area (Å²) in [5.74, 6) is -1.28. The molecule has 0 aromatic heterocycles. The highest BCUT2D eigenvalue weighted by molar-refractivity contribution is 6.37. The number of fused-ring (bicyclic) bond motifs is 1. The summed E-state index contributed by atoms with van der Waals surface area (Å²) < 4.78 is 13.0. The molecular formula is C21H18FN3O2. The van der Waals surface area contributed by atoms with Crippen molar-refractivity contribution in [3.8, 4) is 6.07 Å². The molecule has 1 aliphatic rings. The SMILES string of the molecule is CC(C)CN1C(=O)C(=C(C#N)C(=O)Nc2ccc(F)cc2)c2ccccc21. The molecule has 27 heavy (non-hydrogen) atoms. The van der Waals surface area contributed by atoms with E-state index in [0.717, 1.165) is 0 Å². The van der Waals surface area contributed by atoms with Gasteiger partial charge in [-0.3, -0.25) is 9.59 Å². The van der Waals surface area contributed by atoms with Gasteiger partial charge in [0.15, 0.2) is 0 Å². The van der Waals surface area contributed by atoms with Gasteiger partial charge in [0.25, 0.3) is 11.8 Å². The molecule has 1 aliphatic heterocycles. The third-order valence-electron chi connectivity index (χ3n) is 4.16. The summed E-state index contributed by atoms with van der Waals surface area (Å²) in [6.45, 7) is 4.46. The van der Waals surface area contributed by atoms with Crippen LogP contribution >= 0.6 is 0 Å². The molecule has 3 rings (SSSR count). The van der Waals surface area contributed by atoms with Gasteiger partial charge in [-0.05, 0) is 36.2 Å². The number of rotatable bonds is 4. The molecule has 0 atom stereocenters. The van der Waals surface area contributed by atoms with Crippen molar-refractivity contribution in [2.45, 2.75) is 13.8 Å². The number of para-hydroxylation sites is 1. The molecule has 6 heteroatoms. The van der Waals surface area contributed by atoms with Gasteiger partial charge in [-0.1, -0.05) is 32.0 Å². The van der Waals surface area contributed by atoms with Crippen molar-refractivity contribution in [3.05, 3.63) is 65.5 Å². The number of hydrogen-bond donors (Lipinski definition) is 1. The van der Waals surface area contributed by atoms with E-state index in [9.17, 15) is 19.2 Å². The molecule has 2 aromatic carbocycles. The molecule has 136 valence electrons. The molecule has 0 saturated heterocycles. The third-order valence-corrected chi connectivity index (χ3v) is 4.16. The smallest absolute Gasteiger partial charge is 0.267 e. The lowest BCUT2D eigenvalue weighted by molar-refractivity contribution is -0.114. The normalized spacial score (nSPS) is 14.8. The Balaban J connectivity index is 2.03. The van der Waals surface area contributed by atoms with E-state index in [4.69, 9.17) is 0 Å². The number of carbonyl (C=O) groups is 2. The summed E-state index contributed by atoms with van der Waals surface area (Å²) in [6.07, 6.45) is 0. The highest BCUT2D eigenvalue weighted by atomic mass is 19.1. The van der Waals surface area contributed by atoms with Crippen molar-refractivity contribution in [2.24, 2.45) is 5.92 Å². The number of nitrogens with zero attached hydrogens (tertiary/aromatic N) is 2. The topological polar surface area (TPSA) is 73.2 Å². The van der Waals surface area contributed by atoms with Crippen LogP contribution in [0.25, 0.3) is 5.57 Å². The molecular weight excluding hydrogens is 345 g/mol. The van der Waals surface area contributed by atoms with Gasteiger partial charge in [0.2, 0.25) is 0 Å². The number of halogens is 1. The summed E-state index contributed by atoms with van der Waals surface area (Å²) in [6, 6.07) is 14.2. The van der Waals surface area contributed by atoms with E-state index in [0.29, 0.717) is 23.5 Å². The Labute approximate surface area is 156 Å². The van der Waals surface area contributed by atoms with Gasteiger partial charge >= 0.3 is 0 Å². The van der Waals surface area contributed by atoms with Crippen LogP contribution in [0.1, 0.15) is 19.4 Å². The van der Waals surface area contributed by atoms with Gasteiger partial charge in [-0.15, -0.1) is 0 Å². The summed E-state index contributed by atoms with van der Waals surface area (Å²) in [4.78, 5) is 27.2. The van der Waals surface area contributed by atoms with Crippen LogP contribution in [0, 0.1) is 23.1 Å². The zero-order chi connectivity index (χ0) is 19.6. The Morgan fingerprint density at radius 1 is 1.19 bits per heavy atom. The monoisotopic (exact) mass is 363 g/mol. The Morgan fingerprint density at radius 2 is 1.85 bits per heavy atom. The van der Waals surface area contributed by atoms with E-state index in [1.807, 2.05) is 26.0 Å². The zero-order valence-electron chi connectivity index (χ0n) is 15.0. The standard InChI is InChI=1S/C21H18FN3O2/c1-13(2)12-25-18-6-4-3-5-16(18)19(21(25)27)17(11-23)20(26)24-15-9-7-14(22)8-10-15/h3-10,13H,12H2,1-2H3,(H,24,26). The van der Waals surface area contributed by atoms with Crippen LogP contribution in [0.4, 0.5) is 15.8 Å². The number of amides is 2. The second-order valence-corrected chi connectivity index (χ2v) is 6.65. The molecule has 0 radical (unpaired) electrons. The molecule has 2 aromatic rings. The van der Waals surface area contributed by atoms with Gasteiger partial charge in [0.05, 0.1) is 11.3 Å². The Bertz CT molecular complexity index is 972. The summed E-state index contributed by atoms with van der Waals surface area (Å²) in [5, 5.41) is 12.1. The van der Waals surface area contributed by atoms with Gasteiger partial charge in [-0.25, -0.2) is 4.39 Å². The van der Waals surface area contributed by atoms with Gasteiger partial charge in [-0.2, -0.15) is 5.26 Å². The van der Waals surface area contributed by atoms with Gasteiger partial charge in [0, 0.05) is 17.8 Å². The lowest BCUT2D eigenvalue weighted by Crippen LogP contribution is -2.31. The van der Waals surface area contributed by atoms with Crippen molar-refractivity contribution >= 4 is 28.8 Å². The molecule has 0 aliphatic carbocycles. The maximum absolute atomic E-state index is 13.0. The second kappa shape index (κ2) is 7.42. The number of hydrogen-bond acceptors (Lipinski definition) is 3. The first kappa shape index (κ1) is 18.3. The third kappa shape index (κ3) is 3.58. The Kier molecular flexibility index (Phi) is 5.04. The minimum absolute atomic E-state index is 0.0911. The fourth-order valence-electron chi connectivity index (χ4n) is 3.02. The maximum atomic E-state index is 13.0. The predicted molar refractivity (Wildman–Crippen MR) is 101 cm³/mol. The van der Waals surface area contributed by atoms with E-state index >= 15 is 0 Å². The lowest BCUT2D eigenvalue weighted by Gasteiger charge is -2.19. The lowest BCUT2D eigenvalue weighted by atomic mass is 10.0. The number of nitrogens with one attached hydrogen (secondary N) is 1. The van der Waals surface area contributed by atoms with Crippen molar-refractivity contribution in [3.63, 3.8) is 0 Å². The molecule has 0 saturated carbocycles. The maximum Gasteiger partial charge on any atom is 0.267 e. The highest BCUT2D eigenvalue weighted by Gasteiger charge is 2.36. The predicted octanol–water partition coefficient (Wildman–Crippen LogP) is 3.74. The van der Waals surface area contributed by atoms with Crippen LogP contribution in [0.5, 0.6) is 0 Å². The van der Waals surface area contributed by atoms with Gasteiger partial charge in [0.1, 0.15) is 17.5 Å². The number of nitriles is 1. The van der Waals surface area contributed by atoms with Crippen LogP contribution in [-0.4, -0.2) is 18.4 Å². The first-order valence-electron chi connectivity index (χ1n) is 8.55. The van der Waals surface area contributed by atoms with Crippen LogP contribution < -0.4 is 10.2 Å². The molecule has 1 heterocycles. The average Bonchev–Trinajstić information content (AvgIpc) is 2.90. The summed E-state index contributed by atoms with van der Waals surface area (Å²) >= 11 is 0. The van der Waals surface area contributed by atoms with Crippen LogP contribution in [-0.2, 0) is 9.59 Å². The fraction of sp³-hybridized carbons (Fsp3) is 0.190. The van der Waals surface area contributed by atoms with E-state index in [2.05, 4.69) is 5.32 Å². The minimum atomic E-state index is -0.700. The minimum Gasteiger partial charge on any atom is -0.321 e. The van der Waals surface area contributed by atoms with Crippen LogP contribution in [0.15, 0.2) is 54.1 Å². The molecule has 0 spiro atoms. The number of benzene rings is 2. The van der Waals surface area contributed by atoms with Crippen molar-refractivity contribution < 1.29 is 14.0 Å². The van der Waals surface area contributed by atoms with Crippen molar-refractivity contribution in [1.29, 1.82) is 5.26 Å². The molecule has 0 unspecified atom stereocenters. The van der Waals surface area contributed by atoms with Crippen molar-refractivity contribution in [1.82, 2.24) is 0 Å². The van der Waals surface area contributed by atoms with E-state index < -0.39 is 11.7 Å². The van der Waals surface area contributed by atoms with E-state index in [1.165, 1.54) is 24.3 Å². The molecule has 5 nitrogen and oxygen atoms in total. The molecule has 1 N–H and O–H groups in total. The highest BCUT2D eigenvalue weighted by Crippen LogP contribution is 2.38. The summed E-state index contributed by atoms with van der Waals surface area (Å²) in [7, 11) is 0. The number of carbonyl (C=O) groups excluding carboxylic acids is 2. The van der Waals surface area contributed by atoms with E-state index in [-0.39, 0.29) is 23.0 Å². The van der Waals surface area contributed by atoms with Crippen molar-refractivity contribution in [2.75, 3.05) is 16.8 Å². The largest absolute Gasteiger partial charge is 0.321 e. The van der Waals surface area contributed by atoms with Gasteiger partial charge < -0.3 is 10.2 Å². The quantitative estimate of drug-likeness (QED) is 0.664. The first-order valence-corrected chi connectivity index (χ1v) is 8.55. The van der Waals surface area contributed by atoms with Crippen LogP contribution in [0.3, 0.4) is 0 Å².